The number of anilines is 1. The van der Waals surface area contributed by atoms with Gasteiger partial charge in [-0.05, 0) is 37.8 Å². The minimum atomic E-state index is -0.327. The molecule has 2 N–H and O–H groups in total. The number of fused-ring (bicyclic) bond motifs is 1. The number of likely N-dealkylation sites (tertiary alicyclic amines) is 1. The molecule has 4 amide bonds. The van der Waals surface area contributed by atoms with Crippen LogP contribution in [0.5, 0.6) is 0 Å². The van der Waals surface area contributed by atoms with Crippen LogP contribution >= 0.6 is 0 Å². The molecule has 0 bridgehead atoms. The fraction of sp³-hybridized carbons (Fsp3) is 0.500. The van der Waals surface area contributed by atoms with Crippen molar-refractivity contribution in [2.24, 2.45) is 11.8 Å². The summed E-state index contributed by atoms with van der Waals surface area (Å²) >= 11 is 0. The van der Waals surface area contributed by atoms with Gasteiger partial charge in [-0.3, -0.25) is 24.1 Å². The summed E-state index contributed by atoms with van der Waals surface area (Å²) in [6.07, 6.45) is 10.5. The largest absolute Gasteiger partial charge is 0.349 e. The molecule has 1 heterocycles. The molecule has 1 saturated carbocycles. The standard InChI is InChI=1S/C24H29N3O4/c28-21(14-15-27-23(30)17-10-4-5-11-18(17)24(27)31)26-20-13-7-6-12-19(20)22(29)25-16-8-2-1-3-9-16/h4-7,12-13,16-18H,1-3,8-11,14-15H2,(H,25,29)(H,26,28)/t17-,18+. The molecule has 0 aromatic heterocycles. The van der Waals surface area contributed by atoms with Gasteiger partial charge in [-0.2, -0.15) is 0 Å². The van der Waals surface area contributed by atoms with Gasteiger partial charge < -0.3 is 10.6 Å². The van der Waals surface area contributed by atoms with E-state index in [4.69, 9.17) is 0 Å². The number of rotatable bonds is 6. The lowest BCUT2D eigenvalue weighted by molar-refractivity contribution is -0.140. The summed E-state index contributed by atoms with van der Waals surface area (Å²) in [7, 11) is 0. The average Bonchev–Trinajstić information content (AvgIpc) is 3.03. The first-order valence-electron chi connectivity index (χ1n) is 11.2. The second-order valence-electron chi connectivity index (χ2n) is 8.64. The van der Waals surface area contributed by atoms with Gasteiger partial charge in [-0.1, -0.05) is 43.5 Å². The Morgan fingerprint density at radius 1 is 0.935 bits per heavy atom. The number of hydrogen-bond acceptors (Lipinski definition) is 4. The maximum Gasteiger partial charge on any atom is 0.253 e. The zero-order valence-corrected chi connectivity index (χ0v) is 17.6. The van der Waals surface area contributed by atoms with Crippen molar-refractivity contribution in [3.05, 3.63) is 42.0 Å². The molecule has 3 aliphatic rings. The van der Waals surface area contributed by atoms with E-state index < -0.39 is 0 Å². The molecule has 0 radical (unpaired) electrons. The fourth-order valence-electron chi connectivity index (χ4n) is 4.82. The van der Waals surface area contributed by atoms with Crippen molar-refractivity contribution < 1.29 is 19.2 Å². The Morgan fingerprint density at radius 2 is 1.58 bits per heavy atom. The van der Waals surface area contributed by atoms with Gasteiger partial charge in [0.05, 0.1) is 23.1 Å². The maximum atomic E-state index is 12.7. The van der Waals surface area contributed by atoms with E-state index in [1.54, 1.807) is 24.3 Å². The molecule has 7 heteroatoms. The van der Waals surface area contributed by atoms with Crippen molar-refractivity contribution in [1.82, 2.24) is 10.2 Å². The van der Waals surface area contributed by atoms with Gasteiger partial charge in [0.1, 0.15) is 0 Å². The average molecular weight is 424 g/mol. The molecule has 4 rings (SSSR count). The predicted molar refractivity (Wildman–Crippen MR) is 116 cm³/mol. The highest BCUT2D eigenvalue weighted by Gasteiger charge is 2.46. The molecule has 0 unspecified atom stereocenters. The number of benzene rings is 1. The quantitative estimate of drug-likeness (QED) is 0.543. The molecule has 1 aliphatic heterocycles. The van der Waals surface area contributed by atoms with Crippen molar-refractivity contribution in [3.63, 3.8) is 0 Å². The number of hydrogen-bond donors (Lipinski definition) is 2. The first kappa shape index (κ1) is 21.3. The van der Waals surface area contributed by atoms with Crippen LogP contribution in [-0.4, -0.2) is 41.1 Å². The Hall–Kier alpha value is -2.96. The molecule has 1 aromatic rings. The number of carbonyl (C=O) groups is 4. The Bertz CT molecular complexity index is 878. The molecule has 0 spiro atoms. The third kappa shape index (κ3) is 4.70. The highest BCUT2D eigenvalue weighted by atomic mass is 16.2. The number of allylic oxidation sites excluding steroid dienone is 2. The van der Waals surface area contributed by atoms with E-state index in [-0.39, 0.29) is 54.5 Å². The summed E-state index contributed by atoms with van der Waals surface area (Å²) in [6.45, 7) is 0.0624. The molecule has 7 nitrogen and oxygen atoms in total. The van der Waals surface area contributed by atoms with E-state index in [1.807, 2.05) is 12.2 Å². The zero-order valence-electron chi connectivity index (χ0n) is 17.6. The first-order chi connectivity index (χ1) is 15.0. The van der Waals surface area contributed by atoms with E-state index in [0.717, 1.165) is 25.7 Å². The van der Waals surface area contributed by atoms with Gasteiger partial charge in [-0.25, -0.2) is 0 Å². The Kier molecular flexibility index (Phi) is 6.49. The highest BCUT2D eigenvalue weighted by Crippen LogP contribution is 2.35. The van der Waals surface area contributed by atoms with Gasteiger partial charge in [0.15, 0.2) is 0 Å². The summed E-state index contributed by atoms with van der Waals surface area (Å²) in [5, 5.41) is 5.86. The van der Waals surface area contributed by atoms with Crippen LogP contribution in [0, 0.1) is 11.8 Å². The lowest BCUT2D eigenvalue weighted by Gasteiger charge is -2.23. The van der Waals surface area contributed by atoms with Gasteiger partial charge in [0.25, 0.3) is 5.91 Å². The van der Waals surface area contributed by atoms with Crippen molar-refractivity contribution in [3.8, 4) is 0 Å². The number of nitrogens with zero attached hydrogens (tertiary/aromatic N) is 1. The molecule has 1 saturated heterocycles. The van der Waals surface area contributed by atoms with Crippen LogP contribution < -0.4 is 10.6 Å². The predicted octanol–water partition coefficient (Wildman–Crippen LogP) is 3.03. The summed E-state index contributed by atoms with van der Waals surface area (Å²) in [6, 6.07) is 7.09. The Morgan fingerprint density at radius 3 is 2.26 bits per heavy atom. The smallest absolute Gasteiger partial charge is 0.253 e. The third-order valence-corrected chi connectivity index (χ3v) is 6.55. The summed E-state index contributed by atoms with van der Waals surface area (Å²) in [4.78, 5) is 51.6. The summed E-state index contributed by atoms with van der Waals surface area (Å²) < 4.78 is 0. The molecule has 2 fully saturated rings. The van der Waals surface area contributed by atoms with Crippen molar-refractivity contribution in [2.45, 2.75) is 57.4 Å². The SMILES string of the molecule is O=C(CCN1C(=O)[C@H]2CC=CC[C@H]2C1=O)Nc1ccccc1C(=O)NC1CCCCC1. The minimum Gasteiger partial charge on any atom is -0.349 e. The topological polar surface area (TPSA) is 95.6 Å². The molecule has 2 atom stereocenters. The summed E-state index contributed by atoms with van der Waals surface area (Å²) in [5.74, 6) is -1.45. The monoisotopic (exact) mass is 423 g/mol. The second-order valence-corrected chi connectivity index (χ2v) is 8.64. The molecule has 164 valence electrons. The van der Waals surface area contributed by atoms with E-state index in [1.165, 1.54) is 11.3 Å². The van der Waals surface area contributed by atoms with E-state index in [9.17, 15) is 19.2 Å². The number of carbonyl (C=O) groups excluding carboxylic acids is 4. The van der Waals surface area contributed by atoms with Crippen LogP contribution in [0.4, 0.5) is 5.69 Å². The normalized spacial score (nSPS) is 23.5. The lowest BCUT2D eigenvalue weighted by atomic mass is 9.85. The number of imide groups is 1. The van der Waals surface area contributed by atoms with E-state index >= 15 is 0 Å². The first-order valence-corrected chi connectivity index (χ1v) is 11.2. The zero-order chi connectivity index (χ0) is 21.8. The van der Waals surface area contributed by atoms with Crippen LogP contribution in [0.3, 0.4) is 0 Å². The number of amides is 4. The molecule has 31 heavy (non-hydrogen) atoms. The number of nitrogens with one attached hydrogen (secondary N) is 2. The maximum absolute atomic E-state index is 12.7. The highest BCUT2D eigenvalue weighted by molar-refractivity contribution is 6.06. The van der Waals surface area contributed by atoms with Gasteiger partial charge in [0, 0.05) is 19.0 Å². The van der Waals surface area contributed by atoms with Gasteiger partial charge >= 0.3 is 0 Å². The molecule has 2 aliphatic carbocycles. The van der Waals surface area contributed by atoms with Crippen LogP contribution in [0.2, 0.25) is 0 Å². The lowest BCUT2D eigenvalue weighted by Crippen LogP contribution is -2.37. The van der Waals surface area contributed by atoms with Crippen molar-refractivity contribution in [2.75, 3.05) is 11.9 Å². The van der Waals surface area contributed by atoms with Crippen molar-refractivity contribution >= 4 is 29.3 Å². The molecule has 1 aromatic carbocycles. The Balaban J connectivity index is 1.34. The third-order valence-electron chi connectivity index (χ3n) is 6.55. The van der Waals surface area contributed by atoms with Crippen LogP contribution in [0.25, 0.3) is 0 Å². The molecular weight excluding hydrogens is 394 g/mol. The van der Waals surface area contributed by atoms with Crippen LogP contribution in [-0.2, 0) is 14.4 Å². The van der Waals surface area contributed by atoms with Gasteiger partial charge in [0.2, 0.25) is 17.7 Å². The van der Waals surface area contributed by atoms with E-state index in [2.05, 4.69) is 10.6 Å². The van der Waals surface area contributed by atoms with Crippen LogP contribution in [0.1, 0.15) is 61.7 Å². The number of para-hydroxylation sites is 1. The van der Waals surface area contributed by atoms with Crippen LogP contribution in [0.15, 0.2) is 36.4 Å². The minimum absolute atomic E-state index is 0.00290. The Labute approximate surface area is 182 Å². The molecular formula is C24H29N3O4. The fourth-order valence-corrected chi connectivity index (χ4v) is 4.82. The summed E-state index contributed by atoms with van der Waals surface area (Å²) in [5.41, 5.74) is 0.865. The van der Waals surface area contributed by atoms with E-state index in [0.29, 0.717) is 24.1 Å². The second kappa shape index (κ2) is 9.45. The van der Waals surface area contributed by atoms with Crippen molar-refractivity contribution in [1.29, 1.82) is 0 Å². The van der Waals surface area contributed by atoms with Gasteiger partial charge in [-0.15, -0.1) is 0 Å².